The Kier molecular flexibility index (Phi) is 28.0. The third-order valence-electron chi connectivity index (χ3n) is 20.2. The molecule has 0 radical (unpaired) electrons. The quantitative estimate of drug-likeness (QED) is 0.0207. The van der Waals surface area contributed by atoms with Crippen molar-refractivity contribution in [3.8, 4) is 0 Å². The van der Waals surface area contributed by atoms with Crippen molar-refractivity contribution < 1.29 is 77.0 Å². The van der Waals surface area contributed by atoms with E-state index in [1.165, 1.54) is 115 Å². The van der Waals surface area contributed by atoms with E-state index in [-0.39, 0.29) is 158 Å². The van der Waals surface area contributed by atoms with Gasteiger partial charge in [0.2, 0.25) is 0 Å². The first-order valence-corrected chi connectivity index (χ1v) is 41.4. The first-order valence-electron chi connectivity index (χ1n) is 41.4. The standard InChI is InChI=1S/C105H76N14O16/c120-91(62-25-9-1-10-26-62)106-77-41-70(42-78(55-77)107-92(121)63-27-11-2-12-28-63)99(128)114-85-49-74(50-86(59-85)115-100(129)71-43-79(108-93(122)64-29-13-3-14-30-64)56-80(44-71)109-94(123)65-31-15-4-16-32-65)103(132)118-89-53-76(105(134)135)54-90(61-89)119-104(133)75-51-87(116-101(130)72-45-81(110-95(124)66-33-17-5-18-34-66)57-82(46-72)111-96(125)67-35-19-6-20-36-67)60-88(52-75)117-102(131)73-47-83(112-97(126)68-37-21-7-22-38-68)58-84(48-73)113-98(127)69-39-23-8-24-40-69/h1-61H,(H,106,120)(H,107,121)(H,108,122)(H,109,123)(H,110,124)(H,111,125)(H,112,126)(H,113,127)(H,114,128)(H,115,129)(H,116,130)(H,117,131)(H,118,132)(H,119,133)(H,134,135). The predicted octanol–water partition coefficient (Wildman–Crippen LogP) is 18.9. The second-order valence-electron chi connectivity index (χ2n) is 30.2. The van der Waals surface area contributed by atoms with Crippen molar-refractivity contribution in [2.24, 2.45) is 0 Å². The van der Waals surface area contributed by atoms with Crippen molar-refractivity contribution in [3.63, 3.8) is 0 Å². The highest BCUT2D eigenvalue weighted by molar-refractivity contribution is 6.18. The number of carboxylic acid groups (broad SMARTS) is 1. The lowest BCUT2D eigenvalue weighted by molar-refractivity contribution is 0.0694. The fraction of sp³-hybridized carbons (Fsp3) is 0. The van der Waals surface area contributed by atoms with E-state index in [0.717, 1.165) is 12.1 Å². The molecule has 14 amide bonds. The molecule has 30 heteroatoms. The van der Waals surface area contributed by atoms with Crippen molar-refractivity contribution in [2.45, 2.75) is 0 Å². The van der Waals surface area contributed by atoms with Crippen LogP contribution in [0.5, 0.6) is 0 Å². The number of aromatic carboxylic acids is 1. The third kappa shape index (κ3) is 24.2. The molecule has 0 atom stereocenters. The van der Waals surface area contributed by atoms with Crippen molar-refractivity contribution >= 4 is 168 Å². The number of hydrogen-bond acceptors (Lipinski definition) is 15. The van der Waals surface area contributed by atoms with Crippen LogP contribution < -0.4 is 74.4 Å². The summed E-state index contributed by atoms with van der Waals surface area (Å²) in [5.41, 5.74) is -0.718. The molecule has 0 unspecified atom stereocenters. The van der Waals surface area contributed by atoms with Crippen LogP contribution in [0.4, 0.5) is 79.6 Å². The number of carbonyl (C=O) groups is 15. The van der Waals surface area contributed by atoms with Gasteiger partial charge in [-0.05, 0) is 224 Å². The topological polar surface area (TPSA) is 445 Å². The Bertz CT molecular complexity index is 6110. The average molecular weight is 1790 g/mol. The zero-order valence-electron chi connectivity index (χ0n) is 70.8. The maximum Gasteiger partial charge on any atom is 0.335 e. The summed E-state index contributed by atoms with van der Waals surface area (Å²) >= 11 is 0. The van der Waals surface area contributed by atoms with E-state index in [1.54, 1.807) is 243 Å². The minimum absolute atomic E-state index is 0.0533. The van der Waals surface area contributed by atoms with Crippen molar-refractivity contribution in [3.05, 3.63) is 454 Å². The summed E-state index contributed by atoms with van der Waals surface area (Å²) in [5.74, 6) is -11.9. The first-order chi connectivity index (χ1) is 65.3. The lowest BCUT2D eigenvalue weighted by atomic mass is 10.1. The molecule has 0 aliphatic carbocycles. The summed E-state index contributed by atoms with van der Waals surface area (Å²) in [5, 5.41) is 49.1. The van der Waals surface area contributed by atoms with Gasteiger partial charge in [0.15, 0.2) is 0 Å². The van der Waals surface area contributed by atoms with E-state index in [9.17, 15) is 67.4 Å². The maximum absolute atomic E-state index is 15.2. The number of carboxylic acids is 1. The molecular formula is C105H76N14O16. The average Bonchev–Trinajstić information content (AvgIpc) is 0.817. The lowest BCUT2D eigenvalue weighted by Crippen LogP contribution is -2.19. The van der Waals surface area contributed by atoms with Crippen LogP contribution in [-0.4, -0.2) is 93.8 Å². The SMILES string of the molecule is O=C(O)c1cc(NC(=O)c2cc(NC(=O)c3cc(NC(=O)c4ccccc4)cc(NC(=O)c4ccccc4)c3)cc(NC(=O)c3cc(NC(=O)c4ccccc4)cc(NC(=O)c4ccccc4)c3)c2)cc(NC(=O)c2cc(NC(=O)c3cc(NC(=O)c4ccccc4)cc(NC(=O)c4ccccc4)c3)cc(NC(=O)c3cc(NC(=O)c4ccccc4)cc(NC(=O)c4ccccc4)c3)c2)c1. The zero-order chi connectivity index (χ0) is 94.4. The van der Waals surface area contributed by atoms with Gasteiger partial charge in [-0.25, -0.2) is 4.79 Å². The van der Waals surface area contributed by atoms with Crippen LogP contribution in [0.15, 0.2) is 370 Å². The molecule has 0 saturated carbocycles. The molecule has 15 aromatic rings. The van der Waals surface area contributed by atoms with Gasteiger partial charge in [-0.2, -0.15) is 0 Å². The Labute approximate surface area is 769 Å². The number of amides is 14. The summed E-state index contributed by atoms with van der Waals surface area (Å²) in [6.45, 7) is 0. The van der Waals surface area contributed by atoms with Gasteiger partial charge in [0.1, 0.15) is 0 Å². The molecule has 0 aromatic heterocycles. The number of benzene rings is 15. The molecule has 0 fully saturated rings. The number of anilines is 14. The molecule has 15 rings (SSSR count). The van der Waals surface area contributed by atoms with Crippen LogP contribution in [0.3, 0.4) is 0 Å². The van der Waals surface area contributed by atoms with Gasteiger partial charge in [-0.15, -0.1) is 0 Å². The van der Waals surface area contributed by atoms with Crippen molar-refractivity contribution in [1.29, 1.82) is 0 Å². The Morgan fingerprint density at radius 2 is 0.207 bits per heavy atom. The van der Waals surface area contributed by atoms with Gasteiger partial charge in [0.05, 0.1) is 5.56 Å². The van der Waals surface area contributed by atoms with E-state index in [4.69, 9.17) is 0 Å². The van der Waals surface area contributed by atoms with E-state index < -0.39 is 94.2 Å². The molecule has 0 aliphatic rings. The fourth-order valence-corrected chi connectivity index (χ4v) is 13.9. The van der Waals surface area contributed by atoms with E-state index in [2.05, 4.69) is 74.4 Å². The number of rotatable bonds is 29. The molecule has 15 aromatic carbocycles. The third-order valence-corrected chi connectivity index (χ3v) is 20.2. The largest absolute Gasteiger partial charge is 0.478 e. The molecular weight excluding hydrogens is 1710 g/mol. The Morgan fingerprint density at radius 3 is 0.304 bits per heavy atom. The van der Waals surface area contributed by atoms with Crippen LogP contribution in [0.2, 0.25) is 0 Å². The minimum Gasteiger partial charge on any atom is -0.478 e. The number of hydrogen-bond donors (Lipinski definition) is 15. The predicted molar refractivity (Wildman–Crippen MR) is 515 cm³/mol. The minimum atomic E-state index is -1.57. The van der Waals surface area contributed by atoms with Crippen molar-refractivity contribution in [1.82, 2.24) is 0 Å². The highest BCUT2D eigenvalue weighted by Crippen LogP contribution is 2.33. The fourth-order valence-electron chi connectivity index (χ4n) is 13.9. The van der Waals surface area contributed by atoms with Gasteiger partial charge >= 0.3 is 5.97 Å². The van der Waals surface area contributed by atoms with Crippen LogP contribution >= 0.6 is 0 Å². The highest BCUT2D eigenvalue weighted by Gasteiger charge is 2.25. The molecule has 135 heavy (non-hydrogen) atoms. The van der Waals surface area contributed by atoms with Gasteiger partial charge in [0.25, 0.3) is 82.7 Å². The van der Waals surface area contributed by atoms with Crippen LogP contribution in [0.1, 0.15) is 155 Å². The smallest absolute Gasteiger partial charge is 0.335 e. The van der Waals surface area contributed by atoms with Gasteiger partial charge in [0, 0.05) is 158 Å². The number of nitrogens with one attached hydrogen (secondary N) is 14. The van der Waals surface area contributed by atoms with Crippen LogP contribution in [0.25, 0.3) is 0 Å². The second kappa shape index (κ2) is 41.9. The van der Waals surface area contributed by atoms with E-state index in [1.807, 2.05) is 0 Å². The highest BCUT2D eigenvalue weighted by atomic mass is 16.4. The molecule has 15 N–H and O–H groups in total. The molecule has 662 valence electrons. The van der Waals surface area contributed by atoms with Crippen LogP contribution in [0, 0.1) is 0 Å². The maximum atomic E-state index is 15.2. The molecule has 0 saturated heterocycles. The molecule has 0 bridgehead atoms. The van der Waals surface area contributed by atoms with Gasteiger partial charge < -0.3 is 79.5 Å². The van der Waals surface area contributed by atoms with Gasteiger partial charge in [-0.3, -0.25) is 67.1 Å². The monoisotopic (exact) mass is 1790 g/mol. The summed E-state index contributed by atoms with van der Waals surface area (Å²) in [7, 11) is 0. The summed E-state index contributed by atoms with van der Waals surface area (Å²) < 4.78 is 0. The van der Waals surface area contributed by atoms with Crippen LogP contribution in [-0.2, 0) is 0 Å². The Morgan fingerprint density at radius 1 is 0.119 bits per heavy atom. The normalized spacial score (nSPS) is 10.5. The molecule has 0 aliphatic heterocycles. The van der Waals surface area contributed by atoms with Crippen molar-refractivity contribution in [2.75, 3.05) is 74.4 Å². The molecule has 0 spiro atoms. The Hall–Kier alpha value is -19.6. The zero-order valence-corrected chi connectivity index (χ0v) is 70.8. The first kappa shape index (κ1) is 90.1. The summed E-state index contributed by atoms with van der Waals surface area (Å²) in [6.07, 6.45) is 0. The second-order valence-corrected chi connectivity index (χ2v) is 30.2. The Balaban J connectivity index is 0.772. The molecule has 30 nitrogen and oxygen atoms in total. The number of carbonyl (C=O) groups excluding carboxylic acids is 14. The van der Waals surface area contributed by atoms with E-state index in [0.29, 0.717) is 0 Å². The molecule has 0 heterocycles. The van der Waals surface area contributed by atoms with E-state index >= 15 is 9.59 Å². The summed E-state index contributed by atoms with van der Waals surface area (Å²) in [4.78, 5) is 213. The lowest BCUT2D eigenvalue weighted by Gasteiger charge is -2.16. The summed E-state index contributed by atoms with van der Waals surface area (Å²) in [6, 6.07) is 91.9. The van der Waals surface area contributed by atoms with Gasteiger partial charge in [-0.1, -0.05) is 146 Å².